The van der Waals surface area contributed by atoms with E-state index in [4.69, 9.17) is 4.74 Å². The fourth-order valence-corrected chi connectivity index (χ4v) is 2.96. The molecule has 2 heterocycles. The first kappa shape index (κ1) is 11.4. The van der Waals surface area contributed by atoms with Crippen LogP contribution in [0.3, 0.4) is 0 Å². The fraction of sp³-hybridized carbons (Fsp3) is 0.333. The summed E-state index contributed by atoms with van der Waals surface area (Å²) in [6, 6.07) is 8.37. The lowest BCUT2D eigenvalue weighted by Crippen LogP contribution is -2.28. The van der Waals surface area contributed by atoms with Crippen molar-refractivity contribution >= 4 is 11.8 Å². The molecule has 1 atom stereocenters. The number of benzene rings is 1. The highest BCUT2D eigenvalue weighted by atomic mass is 32.2. The molecule has 94 valence electrons. The van der Waals surface area contributed by atoms with Crippen LogP contribution < -0.4 is 10.2 Å². The average molecular weight is 262 g/mol. The van der Waals surface area contributed by atoms with Gasteiger partial charge in [-0.1, -0.05) is 23.9 Å². The van der Waals surface area contributed by atoms with Crippen molar-refractivity contribution in [2.75, 3.05) is 18.3 Å². The number of thioether (sulfide) groups is 1. The van der Waals surface area contributed by atoms with Gasteiger partial charge in [-0.25, -0.2) is 4.68 Å². The van der Waals surface area contributed by atoms with Gasteiger partial charge in [0.25, 0.3) is 0 Å². The molecule has 3 rings (SSSR count). The summed E-state index contributed by atoms with van der Waals surface area (Å²) in [5.41, 5.74) is 4.64. The van der Waals surface area contributed by atoms with E-state index in [-0.39, 0.29) is 6.04 Å². The number of hydrogen-bond donors (Lipinski definition) is 1. The minimum absolute atomic E-state index is 0.243. The lowest BCUT2D eigenvalue weighted by atomic mass is 10.1. The lowest BCUT2D eigenvalue weighted by Gasteiger charge is -2.26. The Balaban J connectivity index is 1.88. The molecule has 1 N–H and O–H groups in total. The summed E-state index contributed by atoms with van der Waals surface area (Å²) in [6.07, 6.45) is 0. The largest absolute Gasteiger partial charge is 0.497 e. The van der Waals surface area contributed by atoms with Crippen LogP contribution in [0.1, 0.15) is 17.4 Å². The van der Waals surface area contributed by atoms with Crippen LogP contribution in [0.4, 0.5) is 0 Å². The second-order valence-corrected chi connectivity index (χ2v) is 5.12. The Morgan fingerprint density at radius 2 is 2.33 bits per heavy atom. The number of aryl methyl sites for hydroxylation is 1. The van der Waals surface area contributed by atoms with Crippen molar-refractivity contribution in [2.45, 2.75) is 18.1 Å². The zero-order chi connectivity index (χ0) is 12.5. The number of rotatable bonds is 2. The summed E-state index contributed by atoms with van der Waals surface area (Å²) in [7, 11) is 1.68. The summed E-state index contributed by atoms with van der Waals surface area (Å²) >= 11 is 1.71. The predicted molar refractivity (Wildman–Crippen MR) is 70.6 cm³/mol. The Labute approximate surface area is 110 Å². The predicted octanol–water partition coefficient (Wildman–Crippen LogP) is 1.99. The monoisotopic (exact) mass is 262 g/mol. The maximum absolute atomic E-state index is 5.26. The molecule has 0 saturated heterocycles. The van der Waals surface area contributed by atoms with Crippen LogP contribution in [0, 0.1) is 6.92 Å². The molecule has 0 bridgehead atoms. The molecular weight excluding hydrogens is 248 g/mol. The third kappa shape index (κ3) is 1.92. The van der Waals surface area contributed by atoms with Gasteiger partial charge in [0.2, 0.25) is 5.16 Å². The first-order chi connectivity index (χ1) is 8.78. The fourth-order valence-electron chi connectivity index (χ4n) is 1.97. The molecule has 1 aliphatic rings. The number of nitrogens with zero attached hydrogens (tertiary/aromatic N) is 3. The summed E-state index contributed by atoms with van der Waals surface area (Å²) in [4.78, 5) is 0. The van der Waals surface area contributed by atoms with Gasteiger partial charge in [0.1, 0.15) is 11.6 Å². The minimum Gasteiger partial charge on any atom is -0.497 e. The first-order valence-electron chi connectivity index (χ1n) is 5.73. The second kappa shape index (κ2) is 4.53. The van der Waals surface area contributed by atoms with E-state index in [1.165, 1.54) is 5.56 Å². The SMILES string of the molecule is COc1cccc(C2CSc3nnc(C)n3N2)c1. The van der Waals surface area contributed by atoms with Crippen LogP contribution in [0.15, 0.2) is 29.4 Å². The van der Waals surface area contributed by atoms with Gasteiger partial charge in [-0.05, 0) is 24.6 Å². The highest BCUT2D eigenvalue weighted by Gasteiger charge is 2.22. The molecule has 5 nitrogen and oxygen atoms in total. The topological polar surface area (TPSA) is 52.0 Å². The molecule has 0 amide bonds. The molecule has 0 fully saturated rings. The van der Waals surface area contributed by atoms with E-state index in [2.05, 4.69) is 27.8 Å². The van der Waals surface area contributed by atoms with Gasteiger partial charge in [0, 0.05) is 5.75 Å². The zero-order valence-electron chi connectivity index (χ0n) is 10.3. The summed E-state index contributed by atoms with van der Waals surface area (Å²) in [5, 5.41) is 9.09. The Morgan fingerprint density at radius 1 is 1.44 bits per heavy atom. The smallest absolute Gasteiger partial charge is 0.210 e. The summed E-state index contributed by atoms with van der Waals surface area (Å²) < 4.78 is 7.20. The quantitative estimate of drug-likeness (QED) is 0.897. The number of aromatic nitrogens is 3. The highest BCUT2D eigenvalue weighted by molar-refractivity contribution is 7.99. The van der Waals surface area contributed by atoms with Gasteiger partial charge in [0.15, 0.2) is 0 Å². The van der Waals surface area contributed by atoms with Gasteiger partial charge in [0.05, 0.1) is 13.2 Å². The summed E-state index contributed by atoms with van der Waals surface area (Å²) in [5.74, 6) is 2.70. The van der Waals surface area contributed by atoms with Crippen molar-refractivity contribution in [3.05, 3.63) is 35.7 Å². The highest BCUT2D eigenvalue weighted by Crippen LogP contribution is 2.30. The van der Waals surface area contributed by atoms with E-state index in [0.717, 1.165) is 22.5 Å². The van der Waals surface area contributed by atoms with E-state index in [9.17, 15) is 0 Å². The van der Waals surface area contributed by atoms with Crippen molar-refractivity contribution in [1.82, 2.24) is 14.9 Å². The number of hydrogen-bond acceptors (Lipinski definition) is 5. The lowest BCUT2D eigenvalue weighted by molar-refractivity contribution is 0.414. The molecule has 6 heteroatoms. The zero-order valence-corrected chi connectivity index (χ0v) is 11.1. The normalized spacial score (nSPS) is 18.0. The average Bonchev–Trinajstić information content (AvgIpc) is 2.80. The van der Waals surface area contributed by atoms with Gasteiger partial charge in [-0.15, -0.1) is 10.2 Å². The number of ether oxygens (including phenoxy) is 1. The Kier molecular flexibility index (Phi) is 2.87. The third-order valence-electron chi connectivity index (χ3n) is 2.96. The van der Waals surface area contributed by atoms with E-state index in [1.54, 1.807) is 18.9 Å². The number of fused-ring (bicyclic) bond motifs is 1. The van der Waals surface area contributed by atoms with E-state index < -0.39 is 0 Å². The minimum atomic E-state index is 0.243. The molecule has 0 radical (unpaired) electrons. The molecule has 1 aromatic carbocycles. The van der Waals surface area contributed by atoms with Crippen molar-refractivity contribution in [1.29, 1.82) is 0 Å². The number of nitrogens with one attached hydrogen (secondary N) is 1. The van der Waals surface area contributed by atoms with Crippen LogP contribution in [-0.4, -0.2) is 27.7 Å². The summed E-state index contributed by atoms with van der Waals surface area (Å²) in [6.45, 7) is 1.94. The Morgan fingerprint density at radius 3 is 3.17 bits per heavy atom. The molecule has 0 spiro atoms. The van der Waals surface area contributed by atoms with Gasteiger partial charge >= 0.3 is 0 Å². The van der Waals surface area contributed by atoms with E-state index in [1.807, 2.05) is 23.7 Å². The van der Waals surface area contributed by atoms with Crippen LogP contribution in [0.2, 0.25) is 0 Å². The molecule has 1 aliphatic heterocycles. The molecule has 2 aromatic rings. The maximum Gasteiger partial charge on any atom is 0.210 e. The Hall–Kier alpha value is -1.69. The second-order valence-electron chi connectivity index (χ2n) is 4.13. The van der Waals surface area contributed by atoms with Crippen molar-refractivity contribution in [2.24, 2.45) is 0 Å². The molecule has 0 saturated carbocycles. The molecular formula is C12H14N4OS. The van der Waals surface area contributed by atoms with Crippen LogP contribution in [-0.2, 0) is 0 Å². The van der Waals surface area contributed by atoms with Crippen molar-refractivity contribution < 1.29 is 4.74 Å². The van der Waals surface area contributed by atoms with Crippen LogP contribution in [0.25, 0.3) is 0 Å². The van der Waals surface area contributed by atoms with Crippen LogP contribution in [0.5, 0.6) is 5.75 Å². The molecule has 1 unspecified atom stereocenters. The van der Waals surface area contributed by atoms with Crippen molar-refractivity contribution in [3.63, 3.8) is 0 Å². The first-order valence-corrected chi connectivity index (χ1v) is 6.72. The van der Waals surface area contributed by atoms with Gasteiger partial charge < -0.3 is 10.2 Å². The molecule has 0 aliphatic carbocycles. The molecule has 1 aromatic heterocycles. The standard InChI is InChI=1S/C12H14N4OS/c1-8-13-14-12-16(8)15-11(7-18-12)9-4-3-5-10(6-9)17-2/h3-6,11,15H,7H2,1-2H3. The van der Waals surface area contributed by atoms with Gasteiger partial charge in [-0.3, -0.25) is 0 Å². The maximum atomic E-state index is 5.26. The third-order valence-corrected chi connectivity index (χ3v) is 3.98. The Bertz CT molecular complexity index is 569. The number of methoxy groups -OCH3 is 1. The molecule has 18 heavy (non-hydrogen) atoms. The van der Waals surface area contributed by atoms with E-state index in [0.29, 0.717) is 0 Å². The van der Waals surface area contributed by atoms with E-state index >= 15 is 0 Å². The van der Waals surface area contributed by atoms with Crippen molar-refractivity contribution in [3.8, 4) is 5.75 Å². The van der Waals surface area contributed by atoms with Gasteiger partial charge in [-0.2, -0.15) is 0 Å². The van der Waals surface area contributed by atoms with Crippen LogP contribution >= 0.6 is 11.8 Å².